The molecule has 0 saturated carbocycles. The lowest BCUT2D eigenvalue weighted by atomic mass is 10.1. The molecule has 26 heavy (non-hydrogen) atoms. The molecule has 0 aromatic heterocycles. The minimum absolute atomic E-state index is 0.916. The van der Waals surface area contributed by atoms with Crippen molar-refractivity contribution < 1.29 is 0 Å². The molecule has 0 unspecified atom stereocenters. The van der Waals surface area contributed by atoms with Crippen LogP contribution >= 0.6 is 11.8 Å². The van der Waals surface area contributed by atoms with Gasteiger partial charge in [0.05, 0.1) is 11.4 Å². The predicted molar refractivity (Wildman–Crippen MR) is 116 cm³/mol. The van der Waals surface area contributed by atoms with E-state index < -0.39 is 0 Å². The van der Waals surface area contributed by atoms with E-state index >= 15 is 0 Å². The summed E-state index contributed by atoms with van der Waals surface area (Å²) in [5, 5.41) is 9.75. The van der Waals surface area contributed by atoms with Crippen LogP contribution in [-0.2, 0) is 0 Å². The summed E-state index contributed by atoms with van der Waals surface area (Å²) in [6.07, 6.45) is 0. The fourth-order valence-corrected chi connectivity index (χ4v) is 4.68. The van der Waals surface area contributed by atoms with E-state index in [0.29, 0.717) is 0 Å². The van der Waals surface area contributed by atoms with E-state index in [2.05, 4.69) is 84.8 Å². The first-order chi connectivity index (χ1) is 12.7. The van der Waals surface area contributed by atoms with E-state index in [1.807, 2.05) is 11.8 Å². The summed E-state index contributed by atoms with van der Waals surface area (Å²) in [5.74, 6) is 0. The van der Waals surface area contributed by atoms with Crippen molar-refractivity contribution in [2.75, 3.05) is 35.2 Å². The van der Waals surface area contributed by atoms with Gasteiger partial charge in [0.1, 0.15) is 0 Å². The Kier molecular flexibility index (Phi) is 4.68. The minimum Gasteiger partial charge on any atom is -0.385 e. The van der Waals surface area contributed by atoms with E-state index in [4.69, 9.17) is 0 Å². The lowest BCUT2D eigenvalue weighted by Crippen LogP contribution is -2.21. The van der Waals surface area contributed by atoms with Crippen LogP contribution in [0, 0.1) is 0 Å². The second-order valence-electron chi connectivity index (χ2n) is 6.45. The van der Waals surface area contributed by atoms with Gasteiger partial charge in [0.2, 0.25) is 0 Å². The molecule has 0 atom stereocenters. The molecule has 0 radical (unpaired) electrons. The topological polar surface area (TPSA) is 27.3 Å². The number of rotatable bonds is 5. The molecule has 0 amide bonds. The Morgan fingerprint density at radius 3 is 2.58 bits per heavy atom. The maximum atomic E-state index is 3.71. The molecule has 4 rings (SSSR count). The molecule has 3 nitrogen and oxygen atoms in total. The minimum atomic E-state index is 0.916. The number of fused-ring (bicyclic) bond motifs is 4. The molecule has 4 heteroatoms. The SMILES string of the molecule is CCNc1cccc2ccc3c(c12)Nc1ccc(N(CC)CC)cc1S3. The third kappa shape index (κ3) is 2.88. The van der Waals surface area contributed by atoms with Crippen molar-refractivity contribution in [3.8, 4) is 0 Å². The monoisotopic (exact) mass is 363 g/mol. The van der Waals surface area contributed by atoms with Gasteiger partial charge >= 0.3 is 0 Å². The second kappa shape index (κ2) is 7.12. The molecule has 0 bridgehead atoms. The summed E-state index contributed by atoms with van der Waals surface area (Å²) in [7, 11) is 0. The van der Waals surface area contributed by atoms with Gasteiger partial charge in [-0.15, -0.1) is 0 Å². The fourth-order valence-electron chi connectivity index (χ4n) is 3.64. The highest BCUT2D eigenvalue weighted by Crippen LogP contribution is 2.49. The van der Waals surface area contributed by atoms with Crippen molar-refractivity contribution in [1.29, 1.82) is 0 Å². The zero-order valence-corrected chi connectivity index (χ0v) is 16.4. The molecule has 0 spiro atoms. The number of hydrogen-bond donors (Lipinski definition) is 2. The van der Waals surface area contributed by atoms with Crippen LogP contribution in [0.4, 0.5) is 22.7 Å². The highest BCUT2D eigenvalue weighted by atomic mass is 32.2. The van der Waals surface area contributed by atoms with Crippen LogP contribution in [0.25, 0.3) is 10.8 Å². The number of nitrogens with zero attached hydrogens (tertiary/aromatic N) is 1. The molecular weight excluding hydrogens is 338 g/mol. The first-order valence-electron chi connectivity index (χ1n) is 9.38. The van der Waals surface area contributed by atoms with Crippen LogP contribution in [0.15, 0.2) is 58.3 Å². The molecule has 1 aliphatic rings. The summed E-state index contributed by atoms with van der Waals surface area (Å²) >= 11 is 1.86. The van der Waals surface area contributed by atoms with Crippen LogP contribution in [0.2, 0.25) is 0 Å². The molecule has 3 aromatic rings. The van der Waals surface area contributed by atoms with E-state index in [1.54, 1.807) is 0 Å². The highest BCUT2D eigenvalue weighted by molar-refractivity contribution is 7.99. The summed E-state index contributed by atoms with van der Waals surface area (Å²) in [4.78, 5) is 4.97. The zero-order valence-electron chi connectivity index (χ0n) is 15.6. The number of benzene rings is 3. The molecule has 3 aromatic carbocycles. The predicted octanol–water partition coefficient (Wildman–Crippen LogP) is 6.33. The van der Waals surface area contributed by atoms with Crippen LogP contribution in [0.1, 0.15) is 20.8 Å². The average Bonchev–Trinajstić information content (AvgIpc) is 2.67. The normalized spacial score (nSPS) is 12.3. The molecule has 1 heterocycles. The number of nitrogens with one attached hydrogen (secondary N) is 2. The van der Waals surface area contributed by atoms with Gasteiger partial charge in [-0.1, -0.05) is 30.0 Å². The second-order valence-corrected chi connectivity index (χ2v) is 7.54. The average molecular weight is 364 g/mol. The lowest BCUT2D eigenvalue weighted by molar-refractivity contribution is 0.864. The summed E-state index contributed by atoms with van der Waals surface area (Å²) < 4.78 is 0. The zero-order chi connectivity index (χ0) is 18.1. The quantitative estimate of drug-likeness (QED) is 0.433. The standard InChI is InChI=1S/C22H25N3S/c1-4-23-18-9-7-8-15-10-13-19-22(21(15)18)24-17-12-11-16(14-20(17)26-19)25(5-2)6-3/h7-14,23-24H,4-6H2,1-3H3. The molecule has 0 fully saturated rings. The molecule has 0 saturated heterocycles. The van der Waals surface area contributed by atoms with Crippen molar-refractivity contribution in [3.63, 3.8) is 0 Å². The van der Waals surface area contributed by atoms with Gasteiger partial charge in [0.15, 0.2) is 0 Å². The van der Waals surface area contributed by atoms with Crippen LogP contribution < -0.4 is 15.5 Å². The third-order valence-corrected chi connectivity index (χ3v) is 6.07. The van der Waals surface area contributed by atoms with Gasteiger partial charge in [-0.3, -0.25) is 0 Å². The first kappa shape index (κ1) is 17.1. The Hall–Kier alpha value is -2.33. The van der Waals surface area contributed by atoms with Crippen LogP contribution in [0.5, 0.6) is 0 Å². The van der Waals surface area contributed by atoms with Gasteiger partial charge in [0, 0.05) is 46.2 Å². The van der Waals surface area contributed by atoms with Gasteiger partial charge < -0.3 is 15.5 Å². The Morgan fingerprint density at radius 2 is 1.81 bits per heavy atom. The molecule has 2 N–H and O–H groups in total. The maximum Gasteiger partial charge on any atom is 0.0626 e. The largest absolute Gasteiger partial charge is 0.385 e. The van der Waals surface area contributed by atoms with E-state index in [9.17, 15) is 0 Å². The summed E-state index contributed by atoms with van der Waals surface area (Å²) in [6, 6.07) is 17.7. The molecule has 134 valence electrons. The van der Waals surface area contributed by atoms with Crippen molar-refractivity contribution in [1.82, 2.24) is 0 Å². The van der Waals surface area contributed by atoms with Gasteiger partial charge in [0.25, 0.3) is 0 Å². The van der Waals surface area contributed by atoms with E-state index in [-0.39, 0.29) is 0 Å². The molecule has 0 aliphatic carbocycles. The van der Waals surface area contributed by atoms with Crippen molar-refractivity contribution in [2.24, 2.45) is 0 Å². The molecule has 1 aliphatic heterocycles. The lowest BCUT2D eigenvalue weighted by Gasteiger charge is -2.27. The molecular formula is C22H25N3S. The van der Waals surface area contributed by atoms with Crippen molar-refractivity contribution >= 4 is 45.3 Å². The van der Waals surface area contributed by atoms with Gasteiger partial charge in [-0.2, -0.15) is 0 Å². The fraction of sp³-hybridized carbons (Fsp3) is 0.273. The van der Waals surface area contributed by atoms with Crippen molar-refractivity contribution in [3.05, 3.63) is 48.5 Å². The highest BCUT2D eigenvalue weighted by Gasteiger charge is 2.20. The van der Waals surface area contributed by atoms with Crippen LogP contribution in [-0.4, -0.2) is 19.6 Å². The summed E-state index contributed by atoms with van der Waals surface area (Å²) in [6.45, 7) is 9.53. The smallest absolute Gasteiger partial charge is 0.0626 e. The van der Waals surface area contributed by atoms with Crippen LogP contribution in [0.3, 0.4) is 0 Å². The Balaban J connectivity index is 1.79. The first-order valence-corrected chi connectivity index (χ1v) is 10.2. The Labute approximate surface area is 159 Å². The number of hydrogen-bond acceptors (Lipinski definition) is 4. The third-order valence-electron chi connectivity index (χ3n) is 4.95. The summed E-state index contributed by atoms with van der Waals surface area (Å²) in [5.41, 5.74) is 4.89. The number of anilines is 4. The Morgan fingerprint density at radius 1 is 0.962 bits per heavy atom. The van der Waals surface area contributed by atoms with Gasteiger partial charge in [-0.05, 0) is 56.5 Å². The van der Waals surface area contributed by atoms with E-state index in [0.717, 1.165) is 19.6 Å². The van der Waals surface area contributed by atoms with E-state index in [1.165, 1.54) is 43.3 Å². The van der Waals surface area contributed by atoms with Crippen molar-refractivity contribution in [2.45, 2.75) is 30.6 Å². The Bertz CT molecular complexity index is 948. The van der Waals surface area contributed by atoms with Gasteiger partial charge in [-0.25, -0.2) is 0 Å². The maximum absolute atomic E-state index is 3.71.